The molecule has 1 atom stereocenters. The first-order chi connectivity index (χ1) is 11.4. The van der Waals surface area contributed by atoms with Crippen LogP contribution in [-0.2, 0) is 6.54 Å². The zero-order valence-electron chi connectivity index (χ0n) is 12.8. The van der Waals surface area contributed by atoms with Crippen molar-refractivity contribution in [1.29, 1.82) is 0 Å². The summed E-state index contributed by atoms with van der Waals surface area (Å²) < 4.78 is 5.92. The highest BCUT2D eigenvalue weighted by Crippen LogP contribution is 2.29. The van der Waals surface area contributed by atoms with Crippen LogP contribution in [0.3, 0.4) is 0 Å². The van der Waals surface area contributed by atoms with Gasteiger partial charge in [0.15, 0.2) is 0 Å². The van der Waals surface area contributed by atoms with Gasteiger partial charge < -0.3 is 4.42 Å². The molecule has 0 radical (unpaired) electrons. The molecule has 1 aliphatic rings. The number of rotatable bonds is 4. The molecule has 0 N–H and O–H groups in total. The number of piperidine rings is 1. The molecule has 0 spiro atoms. The smallest absolute Gasteiger partial charge is 0.247 e. The summed E-state index contributed by atoms with van der Waals surface area (Å²) in [6, 6.07) is 8.09. The molecule has 0 aromatic carbocycles. The Morgan fingerprint density at radius 1 is 1.22 bits per heavy atom. The van der Waals surface area contributed by atoms with E-state index in [9.17, 15) is 0 Å². The largest absolute Gasteiger partial charge is 0.420 e. The molecule has 0 amide bonds. The maximum Gasteiger partial charge on any atom is 0.247 e. The van der Waals surface area contributed by atoms with Crippen molar-refractivity contribution in [2.45, 2.75) is 25.3 Å². The van der Waals surface area contributed by atoms with Crippen LogP contribution < -0.4 is 0 Å². The van der Waals surface area contributed by atoms with Crippen molar-refractivity contribution in [2.75, 3.05) is 13.1 Å². The Bertz CT molecular complexity index is 741. The van der Waals surface area contributed by atoms with Crippen molar-refractivity contribution in [1.82, 2.24) is 20.1 Å². The van der Waals surface area contributed by atoms with E-state index in [4.69, 9.17) is 4.42 Å². The van der Waals surface area contributed by atoms with E-state index in [2.05, 4.69) is 37.6 Å². The molecule has 4 heterocycles. The van der Waals surface area contributed by atoms with Gasteiger partial charge in [0.25, 0.3) is 0 Å². The van der Waals surface area contributed by atoms with E-state index in [0.29, 0.717) is 11.8 Å². The van der Waals surface area contributed by atoms with E-state index in [1.165, 1.54) is 11.3 Å². The average Bonchev–Trinajstić information content (AvgIpc) is 3.28. The standard InChI is InChI=1S/C17H18N4OS/c1-3-14(11-21(9-1)12-15-4-2-10-23-15)17-20-19-16(22-17)13-5-7-18-8-6-13/h2,4-8,10,14H,1,3,9,11-12H2. The molecule has 1 saturated heterocycles. The summed E-state index contributed by atoms with van der Waals surface area (Å²) in [6.07, 6.45) is 5.76. The van der Waals surface area contributed by atoms with Crippen LogP contribution in [0.25, 0.3) is 11.5 Å². The lowest BCUT2D eigenvalue weighted by atomic mass is 9.98. The number of thiophene rings is 1. The molecule has 1 aliphatic heterocycles. The molecule has 4 rings (SSSR count). The Labute approximate surface area is 139 Å². The van der Waals surface area contributed by atoms with E-state index in [0.717, 1.165) is 37.5 Å². The summed E-state index contributed by atoms with van der Waals surface area (Å²) in [4.78, 5) is 7.91. The lowest BCUT2D eigenvalue weighted by molar-refractivity contribution is 0.188. The van der Waals surface area contributed by atoms with Crippen molar-refractivity contribution in [3.05, 3.63) is 52.8 Å². The Morgan fingerprint density at radius 2 is 2.13 bits per heavy atom. The highest BCUT2D eigenvalue weighted by molar-refractivity contribution is 7.09. The summed E-state index contributed by atoms with van der Waals surface area (Å²) in [5.41, 5.74) is 0.921. The Morgan fingerprint density at radius 3 is 2.96 bits per heavy atom. The van der Waals surface area contributed by atoms with Crippen LogP contribution in [0.15, 0.2) is 46.5 Å². The predicted octanol–water partition coefficient (Wildman–Crippen LogP) is 3.57. The van der Waals surface area contributed by atoms with Gasteiger partial charge in [0.1, 0.15) is 0 Å². The van der Waals surface area contributed by atoms with E-state index < -0.39 is 0 Å². The van der Waals surface area contributed by atoms with Crippen molar-refractivity contribution < 1.29 is 4.42 Å². The van der Waals surface area contributed by atoms with E-state index in [1.54, 1.807) is 12.4 Å². The lowest BCUT2D eigenvalue weighted by Crippen LogP contribution is -2.33. The summed E-state index contributed by atoms with van der Waals surface area (Å²) in [5, 5.41) is 10.6. The number of hydrogen-bond donors (Lipinski definition) is 0. The average molecular weight is 326 g/mol. The van der Waals surface area contributed by atoms with Crippen molar-refractivity contribution >= 4 is 11.3 Å². The maximum absolute atomic E-state index is 5.92. The van der Waals surface area contributed by atoms with Gasteiger partial charge in [-0.3, -0.25) is 9.88 Å². The monoisotopic (exact) mass is 326 g/mol. The van der Waals surface area contributed by atoms with Gasteiger partial charge in [-0.15, -0.1) is 21.5 Å². The Balaban J connectivity index is 1.46. The Kier molecular flexibility index (Phi) is 4.17. The predicted molar refractivity (Wildman–Crippen MR) is 89.1 cm³/mol. The zero-order valence-corrected chi connectivity index (χ0v) is 13.6. The topological polar surface area (TPSA) is 55.1 Å². The van der Waals surface area contributed by atoms with Gasteiger partial charge in [0.2, 0.25) is 11.8 Å². The highest BCUT2D eigenvalue weighted by atomic mass is 32.1. The second kappa shape index (κ2) is 6.60. The minimum Gasteiger partial charge on any atom is -0.420 e. The molecule has 3 aromatic heterocycles. The minimum absolute atomic E-state index is 0.326. The molecule has 0 saturated carbocycles. The summed E-state index contributed by atoms with van der Waals surface area (Å²) >= 11 is 1.82. The molecule has 23 heavy (non-hydrogen) atoms. The van der Waals surface area contributed by atoms with E-state index in [1.807, 2.05) is 23.5 Å². The SMILES string of the molecule is c1csc(CN2CCCC(c3nnc(-c4ccncc4)o3)C2)c1. The third-order valence-corrected chi connectivity index (χ3v) is 5.04. The molecule has 118 valence electrons. The first-order valence-corrected chi connectivity index (χ1v) is 8.75. The van der Waals surface area contributed by atoms with Crippen LogP contribution in [0.4, 0.5) is 0 Å². The van der Waals surface area contributed by atoms with Crippen molar-refractivity contribution in [2.24, 2.45) is 0 Å². The first-order valence-electron chi connectivity index (χ1n) is 7.87. The van der Waals surface area contributed by atoms with Crippen LogP contribution in [0, 0.1) is 0 Å². The van der Waals surface area contributed by atoms with Crippen LogP contribution in [0.5, 0.6) is 0 Å². The fourth-order valence-corrected chi connectivity index (χ4v) is 3.78. The van der Waals surface area contributed by atoms with E-state index in [-0.39, 0.29) is 0 Å². The number of pyridine rings is 1. The van der Waals surface area contributed by atoms with Crippen LogP contribution in [0.1, 0.15) is 29.5 Å². The number of nitrogens with zero attached hydrogens (tertiary/aromatic N) is 4. The van der Waals surface area contributed by atoms with Crippen LogP contribution in [-0.4, -0.2) is 33.2 Å². The molecular formula is C17H18N4OS. The Hall–Kier alpha value is -2.05. The fraction of sp³-hybridized carbons (Fsp3) is 0.353. The second-order valence-corrected chi connectivity index (χ2v) is 6.87. The number of likely N-dealkylation sites (tertiary alicyclic amines) is 1. The number of aromatic nitrogens is 3. The van der Waals surface area contributed by atoms with E-state index >= 15 is 0 Å². The third-order valence-electron chi connectivity index (χ3n) is 4.18. The molecule has 6 heteroatoms. The fourth-order valence-electron chi connectivity index (χ4n) is 3.03. The van der Waals surface area contributed by atoms with Gasteiger partial charge in [-0.25, -0.2) is 0 Å². The lowest BCUT2D eigenvalue weighted by Gasteiger charge is -2.30. The molecule has 3 aromatic rings. The maximum atomic E-state index is 5.92. The van der Waals surface area contributed by atoms with Gasteiger partial charge in [-0.2, -0.15) is 0 Å². The van der Waals surface area contributed by atoms with Crippen LogP contribution >= 0.6 is 11.3 Å². The van der Waals surface area contributed by atoms with Crippen LogP contribution in [0.2, 0.25) is 0 Å². The van der Waals surface area contributed by atoms with Gasteiger partial charge in [0, 0.05) is 35.9 Å². The molecule has 1 fully saturated rings. The second-order valence-electron chi connectivity index (χ2n) is 5.83. The number of hydrogen-bond acceptors (Lipinski definition) is 6. The van der Waals surface area contributed by atoms with Gasteiger partial charge >= 0.3 is 0 Å². The minimum atomic E-state index is 0.326. The summed E-state index contributed by atoms with van der Waals surface area (Å²) in [5.74, 6) is 1.66. The molecule has 5 nitrogen and oxygen atoms in total. The van der Waals surface area contributed by atoms with Gasteiger partial charge in [0.05, 0.1) is 5.92 Å². The summed E-state index contributed by atoms with van der Waals surface area (Å²) in [7, 11) is 0. The molecule has 0 aliphatic carbocycles. The molecular weight excluding hydrogens is 308 g/mol. The van der Waals surface area contributed by atoms with Crippen molar-refractivity contribution in [3.8, 4) is 11.5 Å². The van der Waals surface area contributed by atoms with Gasteiger partial charge in [-0.1, -0.05) is 6.07 Å². The van der Waals surface area contributed by atoms with Crippen molar-refractivity contribution in [3.63, 3.8) is 0 Å². The normalized spacial score (nSPS) is 19.0. The molecule has 0 bridgehead atoms. The molecule has 1 unspecified atom stereocenters. The van der Waals surface area contributed by atoms with Gasteiger partial charge in [-0.05, 0) is 43.0 Å². The summed E-state index contributed by atoms with van der Waals surface area (Å²) in [6.45, 7) is 3.13. The highest BCUT2D eigenvalue weighted by Gasteiger charge is 2.26. The zero-order chi connectivity index (χ0) is 15.5. The quantitative estimate of drug-likeness (QED) is 0.733. The first kappa shape index (κ1) is 14.5. The third kappa shape index (κ3) is 3.33.